The van der Waals surface area contributed by atoms with Gasteiger partial charge in [-0.2, -0.15) is 5.26 Å². The minimum Gasteiger partial charge on any atom is -0.298 e. The monoisotopic (exact) mass is 275 g/mol. The molecule has 1 aliphatic rings. The highest BCUT2D eigenvalue weighted by Crippen LogP contribution is 2.33. The van der Waals surface area contributed by atoms with Crippen LogP contribution in [0.1, 0.15) is 23.8 Å². The molecular weight excluding hydrogens is 262 g/mol. The van der Waals surface area contributed by atoms with E-state index in [0.717, 1.165) is 29.4 Å². The Hall–Kier alpha value is -1.87. The van der Waals surface area contributed by atoms with Gasteiger partial charge in [-0.25, -0.2) is 4.79 Å². The van der Waals surface area contributed by atoms with Gasteiger partial charge in [0.2, 0.25) is 0 Å². The van der Waals surface area contributed by atoms with E-state index < -0.39 is 5.69 Å². The molecule has 0 saturated carbocycles. The minimum atomic E-state index is -0.417. The van der Waals surface area contributed by atoms with Gasteiger partial charge in [-0.3, -0.25) is 14.3 Å². The first-order chi connectivity index (χ1) is 9.11. The van der Waals surface area contributed by atoms with Gasteiger partial charge in [0, 0.05) is 11.4 Å². The molecule has 1 atom stereocenters. The van der Waals surface area contributed by atoms with Gasteiger partial charge < -0.3 is 0 Å². The fraction of sp³-hybridized carbons (Fsp3) is 0.462. The molecule has 5 nitrogen and oxygen atoms in total. The van der Waals surface area contributed by atoms with Crippen LogP contribution in [0.3, 0.4) is 0 Å². The Labute approximate surface area is 113 Å². The number of aromatic nitrogens is 2. The molecule has 19 heavy (non-hydrogen) atoms. The summed E-state index contributed by atoms with van der Waals surface area (Å²) >= 11 is 1.51. The Kier molecular flexibility index (Phi) is 2.79. The van der Waals surface area contributed by atoms with Crippen LogP contribution in [0, 0.1) is 17.2 Å². The van der Waals surface area contributed by atoms with E-state index in [1.54, 1.807) is 6.92 Å². The van der Waals surface area contributed by atoms with Crippen molar-refractivity contribution in [2.45, 2.75) is 32.7 Å². The van der Waals surface area contributed by atoms with Crippen molar-refractivity contribution < 1.29 is 0 Å². The molecule has 0 aliphatic heterocycles. The zero-order chi connectivity index (χ0) is 13.6. The maximum absolute atomic E-state index is 12.5. The van der Waals surface area contributed by atoms with E-state index in [2.05, 4.69) is 11.1 Å². The lowest BCUT2D eigenvalue weighted by molar-refractivity contribution is 0.544. The number of hydrogen-bond donors (Lipinski definition) is 1. The van der Waals surface area contributed by atoms with Gasteiger partial charge in [0.15, 0.2) is 0 Å². The second-order valence-corrected chi connectivity index (χ2v) is 6.04. The van der Waals surface area contributed by atoms with Crippen LogP contribution in [0.15, 0.2) is 9.59 Å². The fourth-order valence-electron chi connectivity index (χ4n) is 2.59. The van der Waals surface area contributed by atoms with Crippen LogP contribution in [0.2, 0.25) is 0 Å². The summed E-state index contributed by atoms with van der Waals surface area (Å²) in [5.74, 6) is -0.358. The third-order valence-corrected chi connectivity index (χ3v) is 4.73. The topological polar surface area (TPSA) is 78.7 Å². The molecule has 1 aliphatic carbocycles. The maximum atomic E-state index is 12.5. The molecule has 0 fully saturated rings. The summed E-state index contributed by atoms with van der Waals surface area (Å²) in [6, 6.07) is 2.05. The van der Waals surface area contributed by atoms with Crippen LogP contribution < -0.4 is 11.2 Å². The lowest BCUT2D eigenvalue weighted by Gasteiger charge is -2.06. The van der Waals surface area contributed by atoms with Gasteiger partial charge in [-0.15, -0.1) is 11.3 Å². The van der Waals surface area contributed by atoms with E-state index in [1.807, 2.05) is 0 Å². The first kappa shape index (κ1) is 12.2. The summed E-state index contributed by atoms with van der Waals surface area (Å²) in [5.41, 5.74) is 0.430. The Morgan fingerprint density at radius 2 is 2.26 bits per heavy atom. The molecule has 0 amide bonds. The largest absolute Gasteiger partial charge is 0.329 e. The molecule has 0 aromatic carbocycles. The molecule has 1 N–H and O–H groups in total. The number of nitrogens with one attached hydrogen (secondary N) is 1. The van der Waals surface area contributed by atoms with Gasteiger partial charge in [0.05, 0.1) is 17.4 Å². The molecule has 98 valence electrons. The van der Waals surface area contributed by atoms with E-state index in [9.17, 15) is 9.59 Å². The van der Waals surface area contributed by atoms with E-state index >= 15 is 0 Å². The Balaban J connectivity index is 2.27. The third-order valence-electron chi connectivity index (χ3n) is 3.52. The predicted molar refractivity (Wildman–Crippen MR) is 73.5 cm³/mol. The average Bonchev–Trinajstić information content (AvgIpc) is 2.93. The van der Waals surface area contributed by atoms with Crippen molar-refractivity contribution in [3.8, 4) is 6.07 Å². The van der Waals surface area contributed by atoms with E-state index in [-0.39, 0.29) is 18.0 Å². The Bertz CT molecular complexity index is 806. The maximum Gasteiger partial charge on any atom is 0.329 e. The van der Waals surface area contributed by atoms with Gasteiger partial charge in [0.25, 0.3) is 5.56 Å². The molecule has 3 rings (SSSR count). The van der Waals surface area contributed by atoms with Crippen molar-refractivity contribution in [2.24, 2.45) is 5.92 Å². The molecule has 0 saturated heterocycles. The van der Waals surface area contributed by atoms with E-state index in [0.29, 0.717) is 10.2 Å². The zero-order valence-corrected chi connectivity index (χ0v) is 11.3. The second-order valence-electron chi connectivity index (χ2n) is 4.94. The average molecular weight is 275 g/mol. The Morgan fingerprint density at radius 3 is 3.00 bits per heavy atom. The highest BCUT2D eigenvalue weighted by molar-refractivity contribution is 7.18. The zero-order valence-electron chi connectivity index (χ0n) is 10.5. The second kappa shape index (κ2) is 4.35. The quantitative estimate of drug-likeness (QED) is 0.899. The summed E-state index contributed by atoms with van der Waals surface area (Å²) in [4.78, 5) is 29.1. The summed E-state index contributed by atoms with van der Waals surface area (Å²) in [6.45, 7) is 1.85. The van der Waals surface area contributed by atoms with Crippen molar-refractivity contribution in [3.63, 3.8) is 0 Å². The standard InChI is InChI=1S/C13H13N3O2S/c1-7(5-14)6-16-12(17)10-8-3-2-4-9(8)19-11(10)15-13(16)18/h7H,2-4,6H2,1H3,(H,15,18). The van der Waals surface area contributed by atoms with Crippen LogP contribution in [0.5, 0.6) is 0 Å². The molecule has 0 bridgehead atoms. The van der Waals surface area contributed by atoms with Crippen molar-refractivity contribution in [1.29, 1.82) is 5.26 Å². The van der Waals surface area contributed by atoms with Crippen molar-refractivity contribution in [2.75, 3.05) is 0 Å². The van der Waals surface area contributed by atoms with Crippen LogP contribution in [0.4, 0.5) is 0 Å². The van der Waals surface area contributed by atoms with E-state index in [1.165, 1.54) is 16.2 Å². The van der Waals surface area contributed by atoms with Gasteiger partial charge >= 0.3 is 5.69 Å². The van der Waals surface area contributed by atoms with Crippen LogP contribution in [0.25, 0.3) is 10.2 Å². The highest BCUT2D eigenvalue weighted by atomic mass is 32.1. The number of H-pyrrole nitrogens is 1. The summed E-state index contributed by atoms with van der Waals surface area (Å²) < 4.78 is 1.15. The molecule has 0 radical (unpaired) electrons. The molecule has 2 heterocycles. The molecule has 2 aromatic rings. The minimum absolute atomic E-state index is 0.144. The Morgan fingerprint density at radius 1 is 1.47 bits per heavy atom. The number of aryl methyl sites for hydroxylation is 2. The number of hydrogen-bond acceptors (Lipinski definition) is 4. The number of nitrogens with zero attached hydrogens (tertiary/aromatic N) is 2. The number of fused-ring (bicyclic) bond motifs is 3. The number of thiophene rings is 1. The number of rotatable bonds is 2. The molecule has 6 heteroatoms. The lowest BCUT2D eigenvalue weighted by atomic mass is 10.2. The van der Waals surface area contributed by atoms with Crippen LogP contribution in [-0.2, 0) is 19.4 Å². The van der Waals surface area contributed by atoms with Crippen molar-refractivity contribution in [3.05, 3.63) is 31.3 Å². The van der Waals surface area contributed by atoms with Gasteiger partial charge in [-0.05, 0) is 31.7 Å². The SMILES string of the molecule is CC(C#N)Cn1c(=O)[nH]c2sc3c(c2c1=O)CCC3. The van der Waals surface area contributed by atoms with E-state index in [4.69, 9.17) is 5.26 Å². The predicted octanol–water partition coefficient (Wildman–Crippen LogP) is 1.40. The van der Waals surface area contributed by atoms with Crippen LogP contribution >= 0.6 is 11.3 Å². The molecular formula is C13H13N3O2S. The van der Waals surface area contributed by atoms with Crippen molar-refractivity contribution in [1.82, 2.24) is 9.55 Å². The van der Waals surface area contributed by atoms with Crippen LogP contribution in [-0.4, -0.2) is 9.55 Å². The smallest absolute Gasteiger partial charge is 0.298 e. The normalized spacial score (nSPS) is 15.4. The number of nitriles is 1. The number of aromatic amines is 1. The summed E-state index contributed by atoms with van der Waals surface area (Å²) in [6.07, 6.45) is 2.97. The molecule has 0 spiro atoms. The van der Waals surface area contributed by atoms with Gasteiger partial charge in [-0.1, -0.05) is 0 Å². The fourth-order valence-corrected chi connectivity index (χ4v) is 3.86. The lowest BCUT2D eigenvalue weighted by Crippen LogP contribution is -2.36. The molecule has 2 aromatic heterocycles. The highest BCUT2D eigenvalue weighted by Gasteiger charge is 2.22. The third kappa shape index (κ3) is 1.81. The van der Waals surface area contributed by atoms with Crippen molar-refractivity contribution >= 4 is 21.6 Å². The summed E-state index contributed by atoms with van der Waals surface area (Å²) in [5, 5.41) is 9.49. The molecule has 1 unspecified atom stereocenters. The summed E-state index contributed by atoms with van der Waals surface area (Å²) in [7, 11) is 0. The first-order valence-corrected chi connectivity index (χ1v) is 7.10. The van der Waals surface area contributed by atoms with Gasteiger partial charge in [0.1, 0.15) is 4.83 Å². The first-order valence-electron chi connectivity index (χ1n) is 6.28.